The largest absolute Gasteiger partial charge is 0.326 e. The van der Waals surface area contributed by atoms with Crippen molar-refractivity contribution in [3.8, 4) is 0 Å². The molecule has 0 bridgehead atoms. The molecule has 98 valence electrons. The molecular weight excluding hydrogens is 220 g/mol. The molecule has 1 aliphatic rings. The van der Waals surface area contributed by atoms with Crippen LogP contribution in [-0.2, 0) is 0 Å². The Kier molecular flexibility index (Phi) is 5.63. The van der Waals surface area contributed by atoms with Gasteiger partial charge < -0.3 is 4.90 Å². The minimum absolute atomic E-state index is 0.880. The fourth-order valence-corrected chi connectivity index (χ4v) is 1.92. The van der Waals surface area contributed by atoms with Crippen molar-refractivity contribution in [2.24, 2.45) is 4.99 Å². The average Bonchev–Trinajstić information content (AvgIpc) is 2.31. The molecule has 0 radical (unpaired) electrons. The summed E-state index contributed by atoms with van der Waals surface area (Å²) < 4.78 is 0. The monoisotopic (exact) mass is 244 g/mol. The third-order valence-electron chi connectivity index (χ3n) is 2.98. The summed E-state index contributed by atoms with van der Waals surface area (Å²) in [7, 11) is 0. The molecule has 0 aromatic heterocycles. The Morgan fingerprint density at radius 2 is 2.28 bits per heavy atom. The smallest absolute Gasteiger partial charge is 0.0262 e. The minimum atomic E-state index is 0.880. The summed E-state index contributed by atoms with van der Waals surface area (Å²) in [6.45, 7) is 12.4. The normalized spacial score (nSPS) is 25.2. The van der Waals surface area contributed by atoms with Crippen LogP contribution in [-0.4, -0.2) is 10.6 Å². The molecule has 0 N–H and O–H groups in total. The molecule has 0 aliphatic carbocycles. The Bertz CT molecular complexity index is 422. The lowest BCUT2D eigenvalue weighted by atomic mass is 10.1. The summed E-state index contributed by atoms with van der Waals surface area (Å²) in [5, 5.41) is 0. The topological polar surface area (TPSA) is 15.6 Å². The average molecular weight is 244 g/mol. The number of hydrogen-bond acceptors (Lipinski definition) is 2. The highest BCUT2D eigenvalue weighted by Gasteiger charge is 2.10. The molecule has 18 heavy (non-hydrogen) atoms. The van der Waals surface area contributed by atoms with Gasteiger partial charge in [0.1, 0.15) is 0 Å². The highest BCUT2D eigenvalue weighted by molar-refractivity contribution is 5.84. The molecule has 0 saturated heterocycles. The van der Waals surface area contributed by atoms with Gasteiger partial charge in [0.15, 0.2) is 0 Å². The van der Waals surface area contributed by atoms with Gasteiger partial charge in [-0.1, -0.05) is 25.7 Å². The van der Waals surface area contributed by atoms with Gasteiger partial charge in [0, 0.05) is 35.9 Å². The first-order chi connectivity index (χ1) is 8.58. The fraction of sp³-hybridized carbons (Fsp3) is 0.438. The summed E-state index contributed by atoms with van der Waals surface area (Å²) in [6.07, 6.45) is 11.3. The van der Waals surface area contributed by atoms with Gasteiger partial charge in [-0.25, -0.2) is 0 Å². The van der Waals surface area contributed by atoms with Crippen LogP contribution < -0.4 is 0 Å². The van der Waals surface area contributed by atoms with Crippen molar-refractivity contribution in [2.75, 3.05) is 0 Å². The highest BCUT2D eigenvalue weighted by atomic mass is 15.1. The van der Waals surface area contributed by atoms with Gasteiger partial charge in [-0.05, 0) is 39.2 Å². The summed E-state index contributed by atoms with van der Waals surface area (Å²) in [6, 6.07) is 0. The Labute approximate surface area is 111 Å². The quantitative estimate of drug-likeness (QED) is 0.694. The lowest BCUT2D eigenvalue weighted by Gasteiger charge is -2.25. The molecule has 0 unspecified atom stereocenters. The summed E-state index contributed by atoms with van der Waals surface area (Å²) in [4.78, 5) is 6.67. The molecule has 0 spiro atoms. The Morgan fingerprint density at radius 1 is 1.56 bits per heavy atom. The van der Waals surface area contributed by atoms with E-state index in [1.54, 1.807) is 0 Å². The Hall–Kier alpha value is -1.57. The number of hydrogen-bond donors (Lipinski definition) is 0. The minimum Gasteiger partial charge on any atom is -0.326 e. The highest BCUT2D eigenvalue weighted by Crippen LogP contribution is 2.21. The lowest BCUT2D eigenvalue weighted by Crippen LogP contribution is -2.16. The van der Waals surface area contributed by atoms with Crippen LogP contribution >= 0.6 is 0 Å². The molecular formula is C16H24N2. The number of allylic oxidation sites excluding steroid dienone is 5. The van der Waals surface area contributed by atoms with Gasteiger partial charge in [-0.15, -0.1) is 0 Å². The van der Waals surface area contributed by atoms with E-state index < -0.39 is 0 Å². The van der Waals surface area contributed by atoms with Crippen molar-refractivity contribution in [2.45, 2.75) is 47.0 Å². The molecule has 0 aromatic rings. The first-order valence-electron chi connectivity index (χ1n) is 6.56. The second-order valence-electron chi connectivity index (χ2n) is 4.67. The van der Waals surface area contributed by atoms with Gasteiger partial charge in [0.25, 0.3) is 0 Å². The van der Waals surface area contributed by atoms with Crippen LogP contribution in [0.4, 0.5) is 0 Å². The standard InChI is InChI=1S/C16H24N2/c1-6-10-18(13(3)4)16-9-8-15(7-2)12-17-14(5)11-16/h6,9-10,12H,3,7-8,11H2,1-2,4-5H3/b10-6-,15-12-,16-9+,17-14-. The van der Waals surface area contributed by atoms with E-state index in [1.165, 1.54) is 11.3 Å². The lowest BCUT2D eigenvalue weighted by molar-refractivity contribution is 0.564. The van der Waals surface area contributed by atoms with Crippen molar-refractivity contribution < 1.29 is 0 Å². The van der Waals surface area contributed by atoms with Crippen LogP contribution in [0.1, 0.15) is 47.0 Å². The molecule has 2 nitrogen and oxygen atoms in total. The van der Waals surface area contributed by atoms with Crippen molar-refractivity contribution in [3.63, 3.8) is 0 Å². The van der Waals surface area contributed by atoms with Gasteiger partial charge in [0.05, 0.1) is 0 Å². The van der Waals surface area contributed by atoms with Crippen LogP contribution in [0.5, 0.6) is 0 Å². The second-order valence-corrected chi connectivity index (χ2v) is 4.67. The molecule has 1 aliphatic heterocycles. The first kappa shape index (κ1) is 14.5. The van der Waals surface area contributed by atoms with E-state index in [0.717, 1.165) is 30.7 Å². The van der Waals surface area contributed by atoms with Crippen molar-refractivity contribution in [1.82, 2.24) is 4.90 Å². The van der Waals surface area contributed by atoms with E-state index in [4.69, 9.17) is 0 Å². The van der Waals surface area contributed by atoms with E-state index in [9.17, 15) is 0 Å². The molecule has 0 fully saturated rings. The van der Waals surface area contributed by atoms with Crippen LogP contribution in [0.25, 0.3) is 0 Å². The molecule has 1 heterocycles. The molecule has 0 amide bonds. The maximum Gasteiger partial charge on any atom is 0.0262 e. The predicted octanol–water partition coefficient (Wildman–Crippen LogP) is 4.79. The number of aliphatic imine (C=N–C) groups is 1. The van der Waals surface area contributed by atoms with Crippen LogP contribution in [0, 0.1) is 0 Å². The number of rotatable bonds is 4. The molecule has 2 heteroatoms. The van der Waals surface area contributed by atoms with E-state index in [2.05, 4.69) is 42.6 Å². The molecule has 0 saturated carbocycles. The summed E-state index contributed by atoms with van der Waals surface area (Å²) >= 11 is 0. The van der Waals surface area contributed by atoms with Gasteiger partial charge in [-0.2, -0.15) is 0 Å². The fourth-order valence-electron chi connectivity index (χ4n) is 1.92. The predicted molar refractivity (Wildman–Crippen MR) is 80.3 cm³/mol. The van der Waals surface area contributed by atoms with E-state index in [0.29, 0.717) is 0 Å². The summed E-state index contributed by atoms with van der Waals surface area (Å²) in [5.41, 5.74) is 4.81. The third-order valence-corrected chi connectivity index (χ3v) is 2.98. The van der Waals surface area contributed by atoms with Crippen molar-refractivity contribution in [3.05, 3.63) is 48.1 Å². The van der Waals surface area contributed by atoms with E-state index in [1.807, 2.05) is 26.1 Å². The van der Waals surface area contributed by atoms with Crippen LogP contribution in [0.2, 0.25) is 0 Å². The van der Waals surface area contributed by atoms with Crippen LogP contribution in [0.15, 0.2) is 53.1 Å². The van der Waals surface area contributed by atoms with Gasteiger partial charge in [0.2, 0.25) is 0 Å². The maximum atomic E-state index is 4.52. The SMILES string of the molecule is C=C(C)N(/C=C\C)/C1=C/C/C(CC)=C\N=C(\C)C1. The van der Waals surface area contributed by atoms with Gasteiger partial charge in [-0.3, -0.25) is 4.99 Å². The van der Waals surface area contributed by atoms with Crippen molar-refractivity contribution in [1.29, 1.82) is 0 Å². The second kappa shape index (κ2) is 7.00. The molecule has 1 rings (SSSR count). The maximum absolute atomic E-state index is 4.52. The van der Waals surface area contributed by atoms with E-state index >= 15 is 0 Å². The Morgan fingerprint density at radius 3 is 2.83 bits per heavy atom. The van der Waals surface area contributed by atoms with E-state index in [-0.39, 0.29) is 0 Å². The van der Waals surface area contributed by atoms with Crippen LogP contribution in [0.3, 0.4) is 0 Å². The first-order valence-corrected chi connectivity index (χ1v) is 6.56. The third kappa shape index (κ3) is 4.02. The van der Waals surface area contributed by atoms with Crippen molar-refractivity contribution >= 4 is 5.71 Å². The summed E-state index contributed by atoms with van der Waals surface area (Å²) in [5.74, 6) is 0. The van der Waals surface area contributed by atoms with Gasteiger partial charge >= 0.3 is 0 Å². The Balaban J connectivity index is 3.04. The molecule has 0 atom stereocenters. The molecule has 0 aromatic carbocycles. The zero-order valence-electron chi connectivity index (χ0n) is 12.0. The zero-order chi connectivity index (χ0) is 13.5. The number of nitrogens with zero attached hydrogens (tertiary/aromatic N) is 2. The zero-order valence-corrected chi connectivity index (χ0v) is 12.0.